The van der Waals surface area contributed by atoms with Crippen molar-refractivity contribution in [2.75, 3.05) is 42.9 Å². The van der Waals surface area contributed by atoms with E-state index in [1.165, 1.54) is 11.8 Å². The van der Waals surface area contributed by atoms with Gasteiger partial charge < -0.3 is 15.3 Å². The van der Waals surface area contributed by atoms with Crippen LogP contribution in [0.4, 0.5) is 11.4 Å². The summed E-state index contributed by atoms with van der Waals surface area (Å²) in [4.78, 5) is 27.4. The lowest BCUT2D eigenvalue weighted by molar-refractivity contribution is -0.131. The molecular weight excluding hydrogens is 354 g/mol. The number of anilines is 2. The van der Waals surface area contributed by atoms with Gasteiger partial charge >= 0.3 is 5.97 Å². The third-order valence-electron chi connectivity index (χ3n) is 4.76. The molecule has 0 radical (unpaired) electrons. The highest BCUT2D eigenvalue weighted by Crippen LogP contribution is 2.16. The molecule has 2 N–H and O–H groups in total. The second-order valence-corrected chi connectivity index (χ2v) is 6.76. The van der Waals surface area contributed by atoms with E-state index in [0.717, 1.165) is 44.4 Å². The molecule has 6 heteroatoms. The zero-order valence-electron chi connectivity index (χ0n) is 15.8. The quantitative estimate of drug-likeness (QED) is 0.724. The first-order chi connectivity index (χ1) is 13.6. The Balaban J connectivity index is 1.39. The summed E-state index contributed by atoms with van der Waals surface area (Å²) < 4.78 is 0. The van der Waals surface area contributed by atoms with Crippen LogP contribution in [-0.2, 0) is 9.59 Å². The number of rotatable bonds is 7. The summed E-state index contributed by atoms with van der Waals surface area (Å²) in [6.45, 7) is 4.58. The Morgan fingerprint density at radius 2 is 1.64 bits per heavy atom. The number of carbonyl (C=O) groups is 2. The first-order valence-electron chi connectivity index (χ1n) is 9.43. The van der Waals surface area contributed by atoms with Crippen molar-refractivity contribution in [3.05, 3.63) is 66.2 Å². The Kier molecular flexibility index (Phi) is 6.81. The number of amides is 1. The fourth-order valence-corrected chi connectivity index (χ4v) is 3.20. The van der Waals surface area contributed by atoms with Crippen LogP contribution in [0.15, 0.2) is 60.7 Å². The number of carbonyl (C=O) groups excluding carboxylic acids is 1. The minimum absolute atomic E-state index is 0.0145. The summed E-state index contributed by atoms with van der Waals surface area (Å²) in [5.74, 6) is -0.999. The van der Waals surface area contributed by atoms with Gasteiger partial charge in [0.15, 0.2) is 0 Å². The summed E-state index contributed by atoms with van der Waals surface area (Å²) in [6, 6.07) is 17.5. The Hall–Kier alpha value is -3.12. The first-order valence-corrected chi connectivity index (χ1v) is 9.43. The standard InChI is InChI=1S/C22H25N3O3/c26-21(23-19-9-6-18(7-10-19)8-11-22(27)28)12-13-24-14-16-25(17-15-24)20-4-2-1-3-5-20/h1-11H,12-17H2,(H,23,26)(H,27,28). The third-order valence-corrected chi connectivity index (χ3v) is 4.76. The molecule has 0 unspecified atom stereocenters. The summed E-state index contributed by atoms with van der Waals surface area (Å²) in [7, 11) is 0. The maximum absolute atomic E-state index is 12.2. The van der Waals surface area contributed by atoms with Gasteiger partial charge in [0, 0.05) is 56.6 Å². The molecule has 28 heavy (non-hydrogen) atoms. The van der Waals surface area contributed by atoms with E-state index in [9.17, 15) is 9.59 Å². The second kappa shape index (κ2) is 9.71. The van der Waals surface area contributed by atoms with Gasteiger partial charge in [-0.15, -0.1) is 0 Å². The van der Waals surface area contributed by atoms with Crippen LogP contribution in [0.25, 0.3) is 6.08 Å². The number of aliphatic carboxylic acids is 1. The van der Waals surface area contributed by atoms with Crippen molar-refractivity contribution in [2.45, 2.75) is 6.42 Å². The molecule has 1 heterocycles. The van der Waals surface area contributed by atoms with Crippen LogP contribution in [-0.4, -0.2) is 54.6 Å². The molecule has 0 aliphatic carbocycles. The highest BCUT2D eigenvalue weighted by Gasteiger charge is 2.17. The Morgan fingerprint density at radius 3 is 2.29 bits per heavy atom. The molecule has 3 rings (SSSR count). The highest BCUT2D eigenvalue weighted by molar-refractivity contribution is 5.91. The Labute approximate surface area is 165 Å². The predicted molar refractivity (Wildman–Crippen MR) is 111 cm³/mol. The number of carboxylic acid groups (broad SMARTS) is 1. The largest absolute Gasteiger partial charge is 0.478 e. The van der Waals surface area contributed by atoms with E-state index in [1.54, 1.807) is 24.3 Å². The van der Waals surface area contributed by atoms with E-state index in [0.29, 0.717) is 12.1 Å². The number of benzene rings is 2. The lowest BCUT2D eigenvalue weighted by Gasteiger charge is -2.36. The zero-order valence-corrected chi connectivity index (χ0v) is 15.8. The van der Waals surface area contributed by atoms with Crippen LogP contribution in [0.5, 0.6) is 0 Å². The Bertz CT molecular complexity index is 811. The van der Waals surface area contributed by atoms with Crippen LogP contribution in [0.2, 0.25) is 0 Å². The van der Waals surface area contributed by atoms with Gasteiger partial charge in [0.05, 0.1) is 0 Å². The van der Waals surface area contributed by atoms with Gasteiger partial charge in [0.1, 0.15) is 0 Å². The van der Waals surface area contributed by atoms with E-state index in [1.807, 2.05) is 6.07 Å². The predicted octanol–water partition coefficient (Wildman–Crippen LogP) is 2.94. The van der Waals surface area contributed by atoms with Crippen molar-refractivity contribution in [1.29, 1.82) is 0 Å². The summed E-state index contributed by atoms with van der Waals surface area (Å²) in [5.41, 5.74) is 2.74. The van der Waals surface area contributed by atoms with Crippen LogP contribution >= 0.6 is 0 Å². The molecule has 1 aliphatic heterocycles. The number of hydrogen-bond donors (Lipinski definition) is 2. The van der Waals surface area contributed by atoms with Crippen LogP contribution in [0.1, 0.15) is 12.0 Å². The molecule has 1 saturated heterocycles. The first kappa shape index (κ1) is 19.6. The fraction of sp³-hybridized carbons (Fsp3) is 0.273. The number of carboxylic acids is 1. The maximum atomic E-state index is 12.2. The molecule has 0 saturated carbocycles. The lowest BCUT2D eigenvalue weighted by atomic mass is 10.2. The molecule has 0 atom stereocenters. The van der Waals surface area contributed by atoms with E-state index >= 15 is 0 Å². The van der Waals surface area contributed by atoms with Crippen molar-refractivity contribution in [3.8, 4) is 0 Å². The average molecular weight is 379 g/mol. The van der Waals surface area contributed by atoms with Crippen molar-refractivity contribution >= 4 is 29.3 Å². The molecule has 146 valence electrons. The van der Waals surface area contributed by atoms with E-state index in [-0.39, 0.29) is 5.91 Å². The molecule has 1 fully saturated rings. The highest BCUT2D eigenvalue weighted by atomic mass is 16.4. The third kappa shape index (κ3) is 5.96. The fourth-order valence-electron chi connectivity index (χ4n) is 3.20. The van der Waals surface area contributed by atoms with Gasteiger partial charge in [-0.25, -0.2) is 4.79 Å². The minimum Gasteiger partial charge on any atom is -0.478 e. The normalized spacial score (nSPS) is 14.9. The molecule has 2 aromatic rings. The molecule has 2 aromatic carbocycles. The number of nitrogens with one attached hydrogen (secondary N) is 1. The molecule has 1 amide bonds. The molecule has 1 aliphatic rings. The minimum atomic E-state index is -0.984. The van der Waals surface area contributed by atoms with Crippen molar-refractivity contribution in [1.82, 2.24) is 4.90 Å². The monoisotopic (exact) mass is 379 g/mol. The van der Waals surface area contributed by atoms with E-state index in [2.05, 4.69) is 39.4 Å². The number of nitrogens with zero attached hydrogens (tertiary/aromatic N) is 2. The molecular formula is C22H25N3O3. The zero-order chi connectivity index (χ0) is 19.8. The summed E-state index contributed by atoms with van der Waals surface area (Å²) in [6.07, 6.45) is 3.06. The van der Waals surface area contributed by atoms with Crippen LogP contribution < -0.4 is 10.2 Å². The van der Waals surface area contributed by atoms with Gasteiger partial charge in [0.25, 0.3) is 0 Å². The van der Waals surface area contributed by atoms with Gasteiger partial charge in [-0.2, -0.15) is 0 Å². The van der Waals surface area contributed by atoms with Gasteiger partial charge in [-0.05, 0) is 35.9 Å². The SMILES string of the molecule is O=C(O)C=Cc1ccc(NC(=O)CCN2CCN(c3ccccc3)CC2)cc1. The number of piperazine rings is 1. The van der Waals surface area contributed by atoms with Crippen LogP contribution in [0.3, 0.4) is 0 Å². The number of hydrogen-bond acceptors (Lipinski definition) is 4. The second-order valence-electron chi connectivity index (χ2n) is 6.76. The summed E-state index contributed by atoms with van der Waals surface area (Å²) >= 11 is 0. The van der Waals surface area contributed by atoms with Gasteiger partial charge in [0.2, 0.25) is 5.91 Å². The number of para-hydroxylation sites is 1. The maximum Gasteiger partial charge on any atom is 0.328 e. The molecule has 6 nitrogen and oxygen atoms in total. The van der Waals surface area contributed by atoms with Crippen LogP contribution in [0, 0.1) is 0 Å². The van der Waals surface area contributed by atoms with Gasteiger partial charge in [-0.1, -0.05) is 30.3 Å². The van der Waals surface area contributed by atoms with E-state index in [4.69, 9.17) is 5.11 Å². The smallest absolute Gasteiger partial charge is 0.328 e. The molecule has 0 spiro atoms. The van der Waals surface area contributed by atoms with Gasteiger partial charge in [-0.3, -0.25) is 9.69 Å². The van der Waals surface area contributed by atoms with Crippen molar-refractivity contribution in [3.63, 3.8) is 0 Å². The topological polar surface area (TPSA) is 72.9 Å². The molecule has 0 bridgehead atoms. The van der Waals surface area contributed by atoms with Crippen molar-refractivity contribution < 1.29 is 14.7 Å². The Morgan fingerprint density at radius 1 is 0.964 bits per heavy atom. The lowest BCUT2D eigenvalue weighted by Crippen LogP contribution is -2.47. The molecule has 0 aromatic heterocycles. The summed E-state index contributed by atoms with van der Waals surface area (Å²) in [5, 5.41) is 11.5. The van der Waals surface area contributed by atoms with E-state index < -0.39 is 5.97 Å². The van der Waals surface area contributed by atoms with Crippen molar-refractivity contribution in [2.24, 2.45) is 0 Å². The average Bonchev–Trinajstić information content (AvgIpc) is 2.73.